The standard InChI is InChI=1S/C34H28Cl2N4O4/c1-21-30(33(41)37-28-17-8-6-15-26(28)35)32(24-13-10-14-25(19-24)40(43)44)31(34(42)38-29-18-9-7-16-27(29)36)22(2)39(21)20-23-11-4-3-5-12-23/h3-19,32H,20H2,1-2H3,(H,37,41)(H,38,42). The van der Waals surface area contributed by atoms with Gasteiger partial charge in [-0.2, -0.15) is 0 Å². The number of benzene rings is 4. The number of para-hydroxylation sites is 2. The largest absolute Gasteiger partial charge is 0.344 e. The van der Waals surface area contributed by atoms with Crippen LogP contribution in [-0.4, -0.2) is 21.6 Å². The molecule has 2 N–H and O–H groups in total. The van der Waals surface area contributed by atoms with Crippen molar-refractivity contribution in [3.63, 3.8) is 0 Å². The van der Waals surface area contributed by atoms with Gasteiger partial charge in [0, 0.05) is 47.1 Å². The zero-order chi connectivity index (χ0) is 31.4. The van der Waals surface area contributed by atoms with Crippen molar-refractivity contribution in [2.45, 2.75) is 26.3 Å². The molecule has 2 amide bonds. The highest BCUT2D eigenvalue weighted by Crippen LogP contribution is 2.44. The molecule has 0 saturated carbocycles. The minimum Gasteiger partial charge on any atom is -0.344 e. The maximum atomic E-state index is 14.3. The Balaban J connectivity index is 1.71. The van der Waals surface area contributed by atoms with Gasteiger partial charge in [0.25, 0.3) is 17.5 Å². The minimum atomic E-state index is -0.966. The molecule has 1 heterocycles. The highest BCUT2D eigenvalue weighted by Gasteiger charge is 2.40. The summed E-state index contributed by atoms with van der Waals surface area (Å²) >= 11 is 12.8. The van der Waals surface area contributed by atoms with Gasteiger partial charge in [0.05, 0.1) is 26.3 Å². The van der Waals surface area contributed by atoms with Crippen LogP contribution >= 0.6 is 23.2 Å². The summed E-state index contributed by atoms with van der Waals surface area (Å²) < 4.78 is 0. The third kappa shape index (κ3) is 6.37. The Kier molecular flexibility index (Phi) is 9.13. The quantitative estimate of drug-likeness (QED) is 0.151. The van der Waals surface area contributed by atoms with Gasteiger partial charge in [-0.25, -0.2) is 0 Å². The first-order chi connectivity index (χ1) is 21.2. The number of carbonyl (C=O) groups excluding carboxylic acids is 2. The summed E-state index contributed by atoms with van der Waals surface area (Å²) in [7, 11) is 0. The van der Waals surface area contributed by atoms with Crippen molar-refractivity contribution in [1.29, 1.82) is 0 Å². The van der Waals surface area contributed by atoms with E-state index in [9.17, 15) is 19.7 Å². The molecule has 0 fully saturated rings. The van der Waals surface area contributed by atoms with Gasteiger partial charge in [-0.15, -0.1) is 0 Å². The number of hydrogen-bond donors (Lipinski definition) is 2. The number of allylic oxidation sites excluding steroid dienone is 2. The van der Waals surface area contributed by atoms with Crippen molar-refractivity contribution in [3.8, 4) is 0 Å². The minimum absolute atomic E-state index is 0.166. The maximum absolute atomic E-state index is 14.3. The Hall–Kier alpha value is -4.92. The number of anilines is 2. The smallest absolute Gasteiger partial charge is 0.269 e. The molecule has 4 aromatic carbocycles. The van der Waals surface area contributed by atoms with Crippen LogP contribution in [-0.2, 0) is 16.1 Å². The summed E-state index contributed by atoms with van der Waals surface area (Å²) in [4.78, 5) is 41.7. The average molecular weight is 628 g/mol. The van der Waals surface area contributed by atoms with Gasteiger partial charge in [-0.1, -0.05) is 89.9 Å². The summed E-state index contributed by atoms with van der Waals surface area (Å²) in [5, 5.41) is 18.3. The second-order valence-electron chi connectivity index (χ2n) is 10.2. The molecule has 0 radical (unpaired) electrons. The number of amides is 2. The molecule has 4 aromatic rings. The van der Waals surface area contributed by atoms with Crippen LogP contribution in [0.4, 0.5) is 17.1 Å². The topological polar surface area (TPSA) is 105 Å². The lowest BCUT2D eigenvalue weighted by Crippen LogP contribution is -2.37. The molecule has 0 aromatic heterocycles. The van der Waals surface area contributed by atoms with E-state index in [0.29, 0.717) is 44.9 Å². The molecule has 8 nitrogen and oxygen atoms in total. The molecular formula is C34H28Cl2N4O4. The van der Waals surface area contributed by atoms with Crippen LogP contribution in [0.3, 0.4) is 0 Å². The Bertz CT molecular complexity index is 1740. The normalized spacial score (nSPS) is 13.6. The first-order valence-electron chi connectivity index (χ1n) is 13.7. The molecule has 0 saturated heterocycles. The molecule has 1 aliphatic rings. The van der Waals surface area contributed by atoms with Crippen LogP contribution in [0.1, 0.15) is 30.9 Å². The molecule has 5 rings (SSSR count). The Morgan fingerprint density at radius 2 is 1.25 bits per heavy atom. The molecule has 0 unspecified atom stereocenters. The van der Waals surface area contributed by atoms with Crippen molar-refractivity contribution in [1.82, 2.24) is 4.90 Å². The van der Waals surface area contributed by atoms with E-state index in [0.717, 1.165) is 5.56 Å². The van der Waals surface area contributed by atoms with Crippen LogP contribution in [0.5, 0.6) is 0 Å². The number of rotatable bonds is 8. The van der Waals surface area contributed by atoms with E-state index in [1.54, 1.807) is 74.5 Å². The van der Waals surface area contributed by atoms with Gasteiger partial charge in [0.1, 0.15) is 0 Å². The van der Waals surface area contributed by atoms with Gasteiger partial charge in [0.15, 0.2) is 0 Å². The monoisotopic (exact) mass is 626 g/mol. The molecular weight excluding hydrogens is 599 g/mol. The van der Waals surface area contributed by atoms with Crippen molar-refractivity contribution in [2.24, 2.45) is 0 Å². The molecule has 0 spiro atoms. The molecule has 0 bridgehead atoms. The fourth-order valence-electron chi connectivity index (χ4n) is 5.35. The Morgan fingerprint density at radius 3 is 1.75 bits per heavy atom. The van der Waals surface area contributed by atoms with Crippen LogP contribution in [0.15, 0.2) is 126 Å². The van der Waals surface area contributed by atoms with Crippen molar-refractivity contribution in [3.05, 3.63) is 157 Å². The molecule has 1 aliphatic heterocycles. The highest BCUT2D eigenvalue weighted by molar-refractivity contribution is 6.34. The van der Waals surface area contributed by atoms with Crippen molar-refractivity contribution >= 4 is 52.1 Å². The summed E-state index contributed by atoms with van der Waals surface area (Å²) in [6, 6.07) is 29.3. The van der Waals surface area contributed by atoms with Crippen molar-refractivity contribution < 1.29 is 14.5 Å². The molecule has 222 valence electrons. The molecule has 10 heteroatoms. The number of nitrogens with zero attached hydrogens (tertiary/aromatic N) is 2. The third-order valence-electron chi connectivity index (χ3n) is 7.50. The fraction of sp³-hybridized carbons (Fsp3) is 0.118. The highest BCUT2D eigenvalue weighted by atomic mass is 35.5. The summed E-state index contributed by atoms with van der Waals surface area (Å²) in [6.07, 6.45) is 0. The number of carbonyl (C=O) groups is 2. The zero-order valence-corrected chi connectivity index (χ0v) is 25.4. The third-order valence-corrected chi connectivity index (χ3v) is 8.16. The summed E-state index contributed by atoms with van der Waals surface area (Å²) in [5.41, 5.74) is 3.64. The van der Waals surface area contributed by atoms with E-state index in [2.05, 4.69) is 10.6 Å². The number of halogens is 2. The van der Waals surface area contributed by atoms with Crippen LogP contribution < -0.4 is 10.6 Å². The number of nitro benzene ring substituents is 1. The van der Waals surface area contributed by atoms with Gasteiger partial charge >= 0.3 is 0 Å². The van der Waals surface area contributed by atoms with Gasteiger partial charge < -0.3 is 15.5 Å². The van der Waals surface area contributed by atoms with E-state index in [4.69, 9.17) is 23.2 Å². The van der Waals surface area contributed by atoms with Crippen molar-refractivity contribution in [2.75, 3.05) is 10.6 Å². The van der Waals surface area contributed by atoms with E-state index in [1.807, 2.05) is 35.2 Å². The number of hydrogen-bond acceptors (Lipinski definition) is 5. The van der Waals surface area contributed by atoms with E-state index >= 15 is 0 Å². The van der Waals surface area contributed by atoms with Crippen LogP contribution in [0.25, 0.3) is 0 Å². The lowest BCUT2D eigenvalue weighted by Gasteiger charge is -2.38. The van der Waals surface area contributed by atoms with Crippen LogP contribution in [0.2, 0.25) is 10.0 Å². The Labute approximate surface area is 264 Å². The molecule has 44 heavy (non-hydrogen) atoms. The lowest BCUT2D eigenvalue weighted by molar-refractivity contribution is -0.384. The molecule has 0 atom stereocenters. The maximum Gasteiger partial charge on any atom is 0.269 e. The SMILES string of the molecule is CC1=C(C(=O)Nc2ccccc2Cl)C(c2cccc([N+](=O)[O-])c2)C(C(=O)Nc2ccccc2Cl)=C(C)N1Cc1ccccc1. The fourth-order valence-corrected chi connectivity index (χ4v) is 5.72. The first kappa shape index (κ1) is 30.5. The van der Waals surface area contributed by atoms with Gasteiger partial charge in [-0.3, -0.25) is 19.7 Å². The predicted molar refractivity (Wildman–Crippen MR) is 173 cm³/mol. The summed E-state index contributed by atoms with van der Waals surface area (Å²) in [6.45, 7) is 3.98. The van der Waals surface area contributed by atoms with E-state index in [1.165, 1.54) is 12.1 Å². The average Bonchev–Trinajstić information content (AvgIpc) is 3.01. The van der Waals surface area contributed by atoms with Gasteiger partial charge in [0.2, 0.25) is 0 Å². The number of non-ortho nitro benzene ring substituents is 1. The second-order valence-corrected chi connectivity index (χ2v) is 11.0. The summed E-state index contributed by atoms with van der Waals surface area (Å²) in [5.74, 6) is -1.96. The first-order valence-corrected chi connectivity index (χ1v) is 14.5. The number of nitrogens with one attached hydrogen (secondary N) is 2. The van der Waals surface area contributed by atoms with Gasteiger partial charge in [-0.05, 0) is 49.2 Å². The zero-order valence-electron chi connectivity index (χ0n) is 23.9. The Morgan fingerprint density at radius 1 is 0.750 bits per heavy atom. The van der Waals surface area contributed by atoms with Crippen LogP contribution in [0, 0.1) is 10.1 Å². The lowest BCUT2D eigenvalue weighted by atomic mass is 9.78. The second kappa shape index (κ2) is 13.2. The number of nitro groups is 1. The van der Waals surface area contributed by atoms with E-state index < -0.39 is 22.7 Å². The molecule has 0 aliphatic carbocycles. The van der Waals surface area contributed by atoms with E-state index in [-0.39, 0.29) is 16.8 Å². The predicted octanol–water partition coefficient (Wildman–Crippen LogP) is 8.33.